The average molecular weight is 875 g/mol. The van der Waals surface area contributed by atoms with Crippen LogP contribution in [-0.2, 0) is 0 Å². The summed E-state index contributed by atoms with van der Waals surface area (Å²) in [5.41, 5.74) is 40.5. The molecular formula is C56H75I+2. The fraction of sp³-hybridized carbons (Fsp3) is 0.446. The van der Waals surface area contributed by atoms with Gasteiger partial charge in [0, 0.05) is 55.6 Å². The van der Waals surface area contributed by atoms with Crippen molar-refractivity contribution in [2.24, 2.45) is 0 Å². The second-order valence-corrected chi connectivity index (χ2v) is 20.5. The van der Waals surface area contributed by atoms with Gasteiger partial charge in [-0.25, -0.2) is 0 Å². The van der Waals surface area contributed by atoms with Crippen molar-refractivity contribution < 1.29 is 21.2 Å². The van der Waals surface area contributed by atoms with Gasteiger partial charge in [0.15, 0.2) is 0 Å². The van der Waals surface area contributed by atoms with Crippen LogP contribution in [-0.4, -0.2) is 0 Å². The Morgan fingerprint density at radius 2 is 0.298 bits per heavy atom. The van der Waals surface area contributed by atoms with Crippen molar-refractivity contribution in [3.63, 3.8) is 0 Å². The summed E-state index contributed by atoms with van der Waals surface area (Å²) in [5.74, 6) is 1.43. The van der Waals surface area contributed by atoms with E-state index in [1.54, 1.807) is 7.14 Å². The second kappa shape index (κ2) is 17.1. The standard InChI is InChI=1S/C34H45.C22H30I/c1-16-19(4)25(10)31(26(11)20(16)5)34(32-27(12)21(6)17(2)22(7)28(32)13)33-29(14)23(8)18(3)24(9)30(33)15;1-11-13(3)17(7)21(18(8)14(11)4)23-22-19(9)15(5)12(2)16(6)20(22)10/h1-15H3;1-10H3/q2*+1. The molecule has 0 atom stereocenters. The molecule has 0 aliphatic rings. The first kappa shape index (κ1) is 46.4. The van der Waals surface area contributed by atoms with E-state index in [1.807, 2.05) is 0 Å². The highest BCUT2D eigenvalue weighted by Crippen LogP contribution is 2.46. The molecule has 0 fully saturated rings. The molecule has 0 aliphatic carbocycles. The van der Waals surface area contributed by atoms with Crippen LogP contribution in [0.4, 0.5) is 0 Å². The summed E-state index contributed by atoms with van der Waals surface area (Å²) >= 11 is -0.151. The monoisotopic (exact) mass is 874 g/mol. The molecule has 0 unspecified atom stereocenters. The molecule has 0 heterocycles. The van der Waals surface area contributed by atoms with Gasteiger partial charge in [0.05, 0.1) is 22.6 Å². The lowest BCUT2D eigenvalue weighted by atomic mass is 9.70. The Morgan fingerprint density at radius 1 is 0.175 bits per heavy atom. The largest absolute Gasteiger partial charge is 0.359 e. The highest BCUT2D eigenvalue weighted by Gasteiger charge is 2.37. The normalized spacial score (nSPS) is 11.3. The van der Waals surface area contributed by atoms with Crippen molar-refractivity contribution >= 4 is 0 Å². The number of rotatable bonds is 5. The van der Waals surface area contributed by atoms with Crippen LogP contribution in [0, 0.1) is 186 Å². The third kappa shape index (κ3) is 7.69. The van der Waals surface area contributed by atoms with Gasteiger partial charge >= 0.3 is 21.2 Å². The lowest BCUT2D eigenvalue weighted by Crippen LogP contribution is -3.62. The van der Waals surface area contributed by atoms with E-state index in [9.17, 15) is 0 Å². The molecule has 1 heteroatoms. The number of hydrogen-bond donors (Lipinski definition) is 0. The van der Waals surface area contributed by atoms with E-state index in [1.165, 1.54) is 162 Å². The molecule has 304 valence electrons. The average Bonchev–Trinajstić information content (AvgIpc) is 3.19. The van der Waals surface area contributed by atoms with Crippen molar-refractivity contribution in [2.75, 3.05) is 0 Å². The van der Waals surface area contributed by atoms with Gasteiger partial charge in [-0.05, 0) is 257 Å². The van der Waals surface area contributed by atoms with Crippen LogP contribution in [0.15, 0.2) is 0 Å². The summed E-state index contributed by atoms with van der Waals surface area (Å²) in [7, 11) is 0. The molecule has 0 radical (unpaired) electrons. The summed E-state index contributed by atoms with van der Waals surface area (Å²) < 4.78 is 3.27. The Kier molecular flexibility index (Phi) is 13.9. The molecule has 0 nitrogen and oxygen atoms in total. The van der Waals surface area contributed by atoms with Crippen LogP contribution >= 0.6 is 0 Å². The smallest absolute Gasteiger partial charge is 0.0444 e. The van der Waals surface area contributed by atoms with Crippen molar-refractivity contribution in [3.05, 3.63) is 169 Å². The van der Waals surface area contributed by atoms with Gasteiger partial charge < -0.3 is 0 Å². The first-order valence-electron chi connectivity index (χ1n) is 21.1. The van der Waals surface area contributed by atoms with E-state index in [2.05, 4.69) is 173 Å². The molecule has 57 heavy (non-hydrogen) atoms. The van der Waals surface area contributed by atoms with Crippen LogP contribution in [0.3, 0.4) is 0 Å². The van der Waals surface area contributed by atoms with E-state index < -0.39 is 0 Å². The quantitative estimate of drug-likeness (QED) is 0.0938. The summed E-state index contributed by atoms with van der Waals surface area (Å²) in [6.45, 7) is 57.6. The van der Waals surface area contributed by atoms with E-state index in [0.717, 1.165) is 0 Å². The molecule has 5 aromatic rings. The Morgan fingerprint density at radius 3 is 0.456 bits per heavy atom. The van der Waals surface area contributed by atoms with E-state index >= 15 is 0 Å². The first-order chi connectivity index (χ1) is 26.3. The van der Waals surface area contributed by atoms with E-state index in [-0.39, 0.29) is 21.2 Å². The minimum absolute atomic E-state index is 0.151. The maximum atomic E-state index is 2.33. The highest BCUT2D eigenvalue weighted by molar-refractivity contribution is 5.74. The molecule has 0 spiro atoms. The predicted octanol–water partition coefficient (Wildman–Crippen LogP) is 12.2. The van der Waals surface area contributed by atoms with Gasteiger partial charge in [-0.2, -0.15) is 0 Å². The molecule has 0 bridgehead atoms. The minimum atomic E-state index is -0.151. The molecule has 0 saturated carbocycles. The van der Waals surface area contributed by atoms with Gasteiger partial charge in [0.25, 0.3) is 0 Å². The number of hydrogen-bond acceptors (Lipinski definition) is 0. The van der Waals surface area contributed by atoms with Crippen molar-refractivity contribution in [1.29, 1.82) is 0 Å². The molecule has 0 saturated heterocycles. The van der Waals surface area contributed by atoms with Crippen LogP contribution in [0.2, 0.25) is 0 Å². The topological polar surface area (TPSA) is 0 Å². The molecule has 0 N–H and O–H groups in total. The van der Waals surface area contributed by atoms with Crippen molar-refractivity contribution in [1.82, 2.24) is 0 Å². The van der Waals surface area contributed by atoms with Gasteiger partial charge in [0.1, 0.15) is 0 Å². The van der Waals surface area contributed by atoms with Crippen LogP contribution < -0.4 is 21.2 Å². The maximum absolute atomic E-state index is 2.33. The summed E-state index contributed by atoms with van der Waals surface area (Å²) in [6, 6.07) is 0. The zero-order chi connectivity index (χ0) is 43.6. The minimum Gasteiger partial charge on any atom is -0.0444 e. The fourth-order valence-corrected chi connectivity index (χ4v) is 13.1. The highest BCUT2D eigenvalue weighted by atomic mass is 127. The molecule has 5 aromatic carbocycles. The van der Waals surface area contributed by atoms with E-state index in [0.29, 0.717) is 0 Å². The maximum Gasteiger partial charge on any atom is 0.359 e. The van der Waals surface area contributed by atoms with Crippen LogP contribution in [0.25, 0.3) is 0 Å². The van der Waals surface area contributed by atoms with Crippen LogP contribution in [0.5, 0.6) is 0 Å². The zero-order valence-corrected chi connectivity index (χ0v) is 43.0. The predicted molar refractivity (Wildman–Crippen MR) is 249 cm³/mol. The first-order valence-corrected chi connectivity index (χ1v) is 23.3. The Hall–Kier alpha value is -3.30. The third-order valence-corrected chi connectivity index (χ3v) is 20.1. The lowest BCUT2D eigenvalue weighted by Gasteiger charge is -2.29. The van der Waals surface area contributed by atoms with Gasteiger partial charge in [0.2, 0.25) is 7.14 Å². The SMILES string of the molecule is Cc1c(C)c(C)c([C+](c2c(C)c(C)c(C)c(C)c2C)c2c(C)c(C)c(C)c(C)c2C)c(C)c1C.Cc1c(C)c(C)c([I+]c2c(C)c(C)c(C)c(C)c2C)c(C)c1C. The number of benzene rings is 5. The van der Waals surface area contributed by atoms with E-state index in [4.69, 9.17) is 0 Å². The Bertz CT molecular complexity index is 2080. The fourth-order valence-electron chi connectivity index (χ4n) is 9.29. The van der Waals surface area contributed by atoms with Crippen LogP contribution in [0.1, 0.15) is 156 Å². The van der Waals surface area contributed by atoms with Gasteiger partial charge in [-0.1, -0.05) is 0 Å². The molecule has 0 amide bonds. The van der Waals surface area contributed by atoms with Crippen molar-refractivity contribution in [2.45, 2.75) is 173 Å². The third-order valence-electron chi connectivity index (χ3n) is 15.8. The second-order valence-electron chi connectivity index (χ2n) is 17.8. The Balaban J connectivity index is 0.000000273. The zero-order valence-electron chi connectivity index (χ0n) is 40.9. The lowest BCUT2D eigenvalue weighted by molar-refractivity contribution is -0.600. The molecule has 0 aliphatic heterocycles. The summed E-state index contributed by atoms with van der Waals surface area (Å²) in [4.78, 5) is 0. The Labute approximate surface area is 361 Å². The summed E-state index contributed by atoms with van der Waals surface area (Å²) in [6.07, 6.45) is 0. The van der Waals surface area contributed by atoms with Crippen molar-refractivity contribution in [3.8, 4) is 0 Å². The molecule has 5 rings (SSSR count). The molecular weight excluding hydrogens is 800 g/mol. The van der Waals surface area contributed by atoms with Gasteiger partial charge in [-0.15, -0.1) is 0 Å². The molecule has 0 aromatic heterocycles. The number of halogens is 1. The summed E-state index contributed by atoms with van der Waals surface area (Å²) in [5, 5.41) is 0. The van der Waals surface area contributed by atoms with Gasteiger partial charge in [-0.3, -0.25) is 0 Å².